The fraction of sp³-hybridized carbons (Fsp3) is 0.400. The van der Waals surface area contributed by atoms with Crippen molar-refractivity contribution in [3.05, 3.63) is 23.8 Å². The average molecular weight is 163 g/mol. The van der Waals surface area contributed by atoms with Crippen molar-refractivity contribution in [2.75, 3.05) is 18.5 Å². The molecule has 0 unspecified atom stereocenters. The van der Waals surface area contributed by atoms with Crippen LogP contribution in [-0.2, 0) is 6.42 Å². The van der Waals surface area contributed by atoms with Crippen molar-refractivity contribution in [3.8, 4) is 5.75 Å². The topological polar surface area (TPSA) is 21.3 Å². The van der Waals surface area contributed by atoms with Crippen molar-refractivity contribution in [2.45, 2.75) is 13.3 Å². The fourth-order valence-electron chi connectivity index (χ4n) is 1.48. The normalized spacial score (nSPS) is 13.8. The molecule has 1 heterocycles. The van der Waals surface area contributed by atoms with Crippen LogP contribution in [0.2, 0.25) is 0 Å². The summed E-state index contributed by atoms with van der Waals surface area (Å²) in [6, 6.07) is 6.32. The SMILES string of the molecule is CCNc1ccc2c(c1)OCC2. The van der Waals surface area contributed by atoms with Gasteiger partial charge in [0.05, 0.1) is 6.61 Å². The first-order chi connectivity index (χ1) is 5.90. The molecule has 2 nitrogen and oxygen atoms in total. The summed E-state index contributed by atoms with van der Waals surface area (Å²) >= 11 is 0. The van der Waals surface area contributed by atoms with Crippen LogP contribution in [0.3, 0.4) is 0 Å². The van der Waals surface area contributed by atoms with Crippen LogP contribution in [0.1, 0.15) is 12.5 Å². The summed E-state index contributed by atoms with van der Waals surface area (Å²) < 4.78 is 5.45. The smallest absolute Gasteiger partial charge is 0.124 e. The minimum atomic E-state index is 0.838. The standard InChI is InChI=1S/C10H13NO/c1-2-11-9-4-3-8-5-6-12-10(8)7-9/h3-4,7,11H,2,5-6H2,1H3. The molecule has 2 heteroatoms. The quantitative estimate of drug-likeness (QED) is 0.720. The lowest BCUT2D eigenvalue weighted by molar-refractivity contribution is 0.357. The van der Waals surface area contributed by atoms with E-state index in [1.807, 2.05) is 0 Å². The van der Waals surface area contributed by atoms with Crippen LogP contribution in [0, 0.1) is 0 Å². The second-order valence-electron chi connectivity index (χ2n) is 2.95. The summed E-state index contributed by atoms with van der Waals surface area (Å²) in [6.45, 7) is 3.89. The van der Waals surface area contributed by atoms with Crippen LogP contribution in [0.5, 0.6) is 5.75 Å². The maximum atomic E-state index is 5.45. The Bertz CT molecular complexity index is 283. The molecule has 0 atom stereocenters. The Balaban J connectivity index is 2.26. The molecule has 0 spiro atoms. The molecule has 0 fully saturated rings. The van der Waals surface area contributed by atoms with Crippen LogP contribution >= 0.6 is 0 Å². The lowest BCUT2D eigenvalue weighted by Gasteiger charge is -2.04. The summed E-state index contributed by atoms with van der Waals surface area (Å²) in [4.78, 5) is 0. The summed E-state index contributed by atoms with van der Waals surface area (Å²) in [5, 5.41) is 3.26. The molecule has 0 amide bonds. The Labute approximate surface area is 72.5 Å². The number of benzene rings is 1. The monoisotopic (exact) mass is 163 g/mol. The van der Waals surface area contributed by atoms with Crippen molar-refractivity contribution in [2.24, 2.45) is 0 Å². The van der Waals surface area contributed by atoms with Gasteiger partial charge in [-0.3, -0.25) is 0 Å². The van der Waals surface area contributed by atoms with Gasteiger partial charge in [0.1, 0.15) is 5.75 Å². The summed E-state index contributed by atoms with van der Waals surface area (Å²) in [5.41, 5.74) is 2.48. The van der Waals surface area contributed by atoms with Gasteiger partial charge in [-0.2, -0.15) is 0 Å². The van der Waals surface area contributed by atoms with Gasteiger partial charge in [0, 0.05) is 24.7 Å². The van der Waals surface area contributed by atoms with Crippen molar-refractivity contribution in [3.63, 3.8) is 0 Å². The zero-order chi connectivity index (χ0) is 8.39. The molecular weight excluding hydrogens is 150 g/mol. The van der Waals surface area contributed by atoms with Crippen molar-refractivity contribution in [1.29, 1.82) is 0 Å². The van der Waals surface area contributed by atoms with E-state index in [9.17, 15) is 0 Å². The molecule has 0 saturated carbocycles. The number of rotatable bonds is 2. The Morgan fingerprint density at radius 1 is 1.50 bits per heavy atom. The van der Waals surface area contributed by atoms with Crippen LogP contribution in [0.4, 0.5) is 5.69 Å². The number of hydrogen-bond acceptors (Lipinski definition) is 2. The number of ether oxygens (including phenoxy) is 1. The molecule has 1 aromatic rings. The maximum absolute atomic E-state index is 5.45. The third-order valence-corrected chi connectivity index (χ3v) is 2.08. The molecule has 0 aliphatic carbocycles. The van der Waals surface area contributed by atoms with E-state index in [2.05, 4.69) is 30.4 Å². The highest BCUT2D eigenvalue weighted by atomic mass is 16.5. The Morgan fingerprint density at radius 3 is 3.25 bits per heavy atom. The average Bonchev–Trinajstić information content (AvgIpc) is 2.51. The van der Waals surface area contributed by atoms with Crippen molar-refractivity contribution >= 4 is 5.69 Å². The molecule has 0 saturated heterocycles. The molecule has 12 heavy (non-hydrogen) atoms. The van der Waals surface area contributed by atoms with E-state index in [-0.39, 0.29) is 0 Å². The lowest BCUT2D eigenvalue weighted by Crippen LogP contribution is -1.96. The molecule has 1 aliphatic heterocycles. The highest BCUT2D eigenvalue weighted by molar-refractivity contribution is 5.52. The Hall–Kier alpha value is -1.18. The first-order valence-corrected chi connectivity index (χ1v) is 4.40. The third-order valence-electron chi connectivity index (χ3n) is 2.08. The number of anilines is 1. The van der Waals surface area contributed by atoms with Gasteiger partial charge >= 0.3 is 0 Å². The number of nitrogens with one attached hydrogen (secondary N) is 1. The van der Waals surface area contributed by atoms with E-state index in [0.29, 0.717) is 0 Å². The van der Waals surface area contributed by atoms with Gasteiger partial charge in [0.15, 0.2) is 0 Å². The van der Waals surface area contributed by atoms with Crippen molar-refractivity contribution < 1.29 is 4.74 Å². The highest BCUT2D eigenvalue weighted by Gasteiger charge is 2.11. The van der Waals surface area contributed by atoms with E-state index in [0.717, 1.165) is 31.0 Å². The summed E-state index contributed by atoms with van der Waals surface area (Å²) in [7, 11) is 0. The van der Waals surface area contributed by atoms with Gasteiger partial charge in [-0.05, 0) is 18.6 Å². The van der Waals surface area contributed by atoms with E-state index < -0.39 is 0 Å². The first-order valence-electron chi connectivity index (χ1n) is 4.40. The van der Waals surface area contributed by atoms with Gasteiger partial charge in [0.25, 0.3) is 0 Å². The van der Waals surface area contributed by atoms with Gasteiger partial charge < -0.3 is 10.1 Å². The third kappa shape index (κ3) is 1.24. The molecular formula is C10H13NO. The first kappa shape index (κ1) is 7.47. The Kier molecular flexibility index (Phi) is 1.90. The van der Waals surface area contributed by atoms with E-state index in [1.165, 1.54) is 5.56 Å². The predicted molar refractivity (Wildman–Crippen MR) is 49.8 cm³/mol. The molecule has 1 aromatic carbocycles. The predicted octanol–water partition coefficient (Wildman–Crippen LogP) is 2.05. The molecule has 0 bridgehead atoms. The number of fused-ring (bicyclic) bond motifs is 1. The van der Waals surface area contributed by atoms with E-state index in [1.54, 1.807) is 0 Å². The van der Waals surface area contributed by atoms with Gasteiger partial charge in [-0.15, -0.1) is 0 Å². The van der Waals surface area contributed by atoms with E-state index in [4.69, 9.17) is 4.74 Å². The lowest BCUT2D eigenvalue weighted by atomic mass is 10.1. The van der Waals surface area contributed by atoms with E-state index >= 15 is 0 Å². The number of hydrogen-bond donors (Lipinski definition) is 1. The summed E-state index contributed by atoms with van der Waals surface area (Å²) in [5.74, 6) is 1.05. The van der Waals surface area contributed by atoms with Crippen LogP contribution in [0.15, 0.2) is 18.2 Å². The van der Waals surface area contributed by atoms with Crippen molar-refractivity contribution in [1.82, 2.24) is 0 Å². The molecule has 0 radical (unpaired) electrons. The zero-order valence-corrected chi connectivity index (χ0v) is 7.26. The van der Waals surface area contributed by atoms with Gasteiger partial charge in [-0.1, -0.05) is 6.07 Å². The molecule has 1 N–H and O–H groups in total. The largest absolute Gasteiger partial charge is 0.493 e. The molecule has 2 rings (SSSR count). The maximum Gasteiger partial charge on any atom is 0.124 e. The highest BCUT2D eigenvalue weighted by Crippen LogP contribution is 2.27. The molecule has 64 valence electrons. The second kappa shape index (κ2) is 3.05. The van der Waals surface area contributed by atoms with Crippen LogP contribution in [0.25, 0.3) is 0 Å². The van der Waals surface area contributed by atoms with Crippen LogP contribution < -0.4 is 10.1 Å². The second-order valence-corrected chi connectivity index (χ2v) is 2.95. The van der Waals surface area contributed by atoms with Gasteiger partial charge in [0.2, 0.25) is 0 Å². The summed E-state index contributed by atoms with van der Waals surface area (Å²) in [6.07, 6.45) is 1.06. The zero-order valence-electron chi connectivity index (χ0n) is 7.26. The van der Waals surface area contributed by atoms with Crippen LogP contribution in [-0.4, -0.2) is 13.2 Å². The minimum Gasteiger partial charge on any atom is -0.493 e. The Morgan fingerprint density at radius 2 is 2.42 bits per heavy atom. The molecule has 0 aromatic heterocycles. The fourth-order valence-corrected chi connectivity index (χ4v) is 1.48. The minimum absolute atomic E-state index is 0.838. The van der Waals surface area contributed by atoms with Gasteiger partial charge in [-0.25, -0.2) is 0 Å². The molecule has 1 aliphatic rings.